The minimum atomic E-state index is -3.72. The monoisotopic (exact) mass is 287 g/mol. The average Bonchev–Trinajstić information content (AvgIpc) is 2.85. The SMILES string of the molecule is COC(=O)[C@H]1CCCCN1S(=O)(=O)c1ccnn1C. The molecular weight excluding hydrogens is 270 g/mol. The normalized spacial score (nSPS) is 21.3. The van der Waals surface area contributed by atoms with E-state index in [2.05, 4.69) is 5.10 Å². The number of methoxy groups -OCH3 is 1. The largest absolute Gasteiger partial charge is 0.468 e. The predicted octanol–water partition coefficient (Wildman–Crippen LogP) is 0.136. The number of rotatable bonds is 3. The minimum Gasteiger partial charge on any atom is -0.468 e. The van der Waals surface area contributed by atoms with E-state index in [1.54, 1.807) is 7.05 Å². The molecule has 0 saturated carbocycles. The summed E-state index contributed by atoms with van der Waals surface area (Å²) < 4.78 is 32.3. The number of piperidine rings is 1. The molecule has 0 bridgehead atoms. The van der Waals surface area contributed by atoms with Crippen LogP contribution in [0.25, 0.3) is 0 Å². The van der Waals surface area contributed by atoms with Gasteiger partial charge in [-0.15, -0.1) is 0 Å². The van der Waals surface area contributed by atoms with E-state index >= 15 is 0 Å². The molecule has 1 fully saturated rings. The lowest BCUT2D eigenvalue weighted by atomic mass is 10.1. The molecule has 1 atom stereocenters. The number of carbonyl (C=O) groups excluding carboxylic acids is 1. The number of nitrogens with zero attached hydrogens (tertiary/aromatic N) is 3. The van der Waals surface area contributed by atoms with Crippen LogP contribution < -0.4 is 0 Å². The van der Waals surface area contributed by atoms with Crippen LogP contribution in [0.1, 0.15) is 19.3 Å². The zero-order valence-corrected chi connectivity index (χ0v) is 11.8. The summed E-state index contributed by atoms with van der Waals surface area (Å²) in [6, 6.07) is 0.691. The molecule has 8 heteroatoms. The lowest BCUT2D eigenvalue weighted by Crippen LogP contribution is -2.48. The van der Waals surface area contributed by atoms with E-state index in [1.165, 1.54) is 28.4 Å². The topological polar surface area (TPSA) is 81.5 Å². The molecule has 1 aromatic rings. The molecule has 106 valence electrons. The molecule has 0 amide bonds. The third-order valence-electron chi connectivity index (χ3n) is 3.28. The molecule has 2 rings (SSSR count). The van der Waals surface area contributed by atoms with Crippen molar-refractivity contribution in [2.24, 2.45) is 7.05 Å². The minimum absolute atomic E-state index is 0.0864. The van der Waals surface area contributed by atoms with Gasteiger partial charge in [0.2, 0.25) is 0 Å². The molecule has 1 saturated heterocycles. The maximum absolute atomic E-state index is 12.6. The van der Waals surface area contributed by atoms with Gasteiger partial charge >= 0.3 is 5.97 Å². The van der Waals surface area contributed by atoms with Gasteiger partial charge in [0.25, 0.3) is 10.0 Å². The number of carbonyl (C=O) groups is 1. The summed E-state index contributed by atoms with van der Waals surface area (Å²) in [6.45, 7) is 0.327. The van der Waals surface area contributed by atoms with Crippen molar-refractivity contribution >= 4 is 16.0 Å². The van der Waals surface area contributed by atoms with Crippen molar-refractivity contribution in [3.05, 3.63) is 12.3 Å². The number of hydrogen-bond donors (Lipinski definition) is 0. The lowest BCUT2D eigenvalue weighted by Gasteiger charge is -2.32. The third-order valence-corrected chi connectivity index (χ3v) is 5.26. The second kappa shape index (κ2) is 5.30. The zero-order valence-electron chi connectivity index (χ0n) is 10.9. The van der Waals surface area contributed by atoms with Crippen molar-refractivity contribution in [3.8, 4) is 0 Å². The van der Waals surface area contributed by atoms with E-state index in [1.807, 2.05) is 0 Å². The number of esters is 1. The Bertz CT molecular complexity index is 566. The fourth-order valence-corrected chi connectivity index (χ4v) is 4.05. The predicted molar refractivity (Wildman–Crippen MR) is 66.8 cm³/mol. The molecular formula is C11H17N3O4S. The molecule has 0 N–H and O–H groups in total. The summed E-state index contributed by atoms with van der Waals surface area (Å²) in [7, 11) is -0.892. The molecule has 0 spiro atoms. The molecule has 19 heavy (non-hydrogen) atoms. The molecule has 1 aliphatic rings. The molecule has 0 aliphatic carbocycles. The summed E-state index contributed by atoms with van der Waals surface area (Å²) in [6.07, 6.45) is 3.47. The number of hydrogen-bond acceptors (Lipinski definition) is 5. The van der Waals surface area contributed by atoms with Crippen molar-refractivity contribution < 1.29 is 17.9 Å². The van der Waals surface area contributed by atoms with Gasteiger partial charge in [0.15, 0.2) is 5.03 Å². The van der Waals surface area contributed by atoms with Crippen LogP contribution in [0.5, 0.6) is 0 Å². The molecule has 0 radical (unpaired) electrons. The summed E-state index contributed by atoms with van der Waals surface area (Å²) in [4.78, 5) is 11.7. The van der Waals surface area contributed by atoms with Gasteiger partial charge in [0.1, 0.15) is 6.04 Å². The first-order chi connectivity index (χ1) is 8.98. The summed E-state index contributed by atoms with van der Waals surface area (Å²) in [5.74, 6) is -0.509. The van der Waals surface area contributed by atoms with Crippen molar-refractivity contribution in [1.82, 2.24) is 14.1 Å². The molecule has 0 unspecified atom stereocenters. The van der Waals surface area contributed by atoms with E-state index in [9.17, 15) is 13.2 Å². The van der Waals surface area contributed by atoms with Crippen LogP contribution in [-0.4, -0.2) is 48.2 Å². The van der Waals surface area contributed by atoms with Crippen LogP contribution >= 0.6 is 0 Å². The van der Waals surface area contributed by atoms with Crippen LogP contribution in [0, 0.1) is 0 Å². The van der Waals surface area contributed by atoms with E-state index in [0.717, 1.165) is 12.8 Å². The van der Waals surface area contributed by atoms with Crippen LogP contribution in [0.15, 0.2) is 17.3 Å². The van der Waals surface area contributed by atoms with Gasteiger partial charge in [0, 0.05) is 13.6 Å². The van der Waals surface area contributed by atoms with E-state index in [-0.39, 0.29) is 5.03 Å². The van der Waals surface area contributed by atoms with Crippen molar-refractivity contribution in [2.45, 2.75) is 30.3 Å². The fraction of sp³-hybridized carbons (Fsp3) is 0.636. The number of aryl methyl sites for hydroxylation is 1. The van der Waals surface area contributed by atoms with Crippen molar-refractivity contribution in [2.75, 3.05) is 13.7 Å². The van der Waals surface area contributed by atoms with Gasteiger partial charge in [-0.1, -0.05) is 0 Å². The average molecular weight is 287 g/mol. The van der Waals surface area contributed by atoms with E-state index in [0.29, 0.717) is 13.0 Å². The van der Waals surface area contributed by atoms with Crippen molar-refractivity contribution in [1.29, 1.82) is 0 Å². The quantitative estimate of drug-likeness (QED) is 0.738. The third kappa shape index (κ3) is 2.50. The first-order valence-corrected chi connectivity index (χ1v) is 7.50. The Kier molecular flexibility index (Phi) is 3.91. The Hall–Kier alpha value is -1.41. The highest BCUT2D eigenvalue weighted by atomic mass is 32.2. The highest BCUT2D eigenvalue weighted by Crippen LogP contribution is 2.25. The standard InChI is InChI=1S/C11H17N3O4S/c1-13-10(6-7-12-13)19(16,17)14-8-4-3-5-9(14)11(15)18-2/h6-7,9H,3-5,8H2,1-2H3/t9-/m1/s1. The van der Waals surface area contributed by atoms with Gasteiger partial charge in [-0.05, 0) is 25.3 Å². The van der Waals surface area contributed by atoms with Crippen LogP contribution in [0.4, 0.5) is 0 Å². The summed E-state index contributed by atoms with van der Waals surface area (Å²) in [5, 5.41) is 3.95. The van der Waals surface area contributed by atoms with Gasteiger partial charge in [-0.3, -0.25) is 9.48 Å². The molecule has 0 aromatic carbocycles. The van der Waals surface area contributed by atoms with E-state index in [4.69, 9.17) is 4.74 Å². The van der Waals surface area contributed by atoms with Crippen LogP contribution in [-0.2, 0) is 26.6 Å². The van der Waals surface area contributed by atoms with Gasteiger partial charge in [-0.25, -0.2) is 8.42 Å². The highest BCUT2D eigenvalue weighted by Gasteiger charge is 2.39. The zero-order chi connectivity index (χ0) is 14.0. The fourth-order valence-electron chi connectivity index (χ4n) is 2.30. The maximum atomic E-state index is 12.6. The first-order valence-electron chi connectivity index (χ1n) is 6.06. The first kappa shape index (κ1) is 14.0. The second-order valence-electron chi connectivity index (χ2n) is 4.44. The van der Waals surface area contributed by atoms with Gasteiger partial charge < -0.3 is 4.74 Å². The highest BCUT2D eigenvalue weighted by molar-refractivity contribution is 7.89. The smallest absolute Gasteiger partial charge is 0.324 e. The summed E-state index contributed by atoms with van der Waals surface area (Å²) >= 11 is 0. The van der Waals surface area contributed by atoms with Crippen molar-refractivity contribution in [3.63, 3.8) is 0 Å². The number of sulfonamides is 1. The lowest BCUT2D eigenvalue weighted by molar-refractivity contribution is -0.146. The summed E-state index contributed by atoms with van der Waals surface area (Å²) in [5.41, 5.74) is 0. The molecule has 1 aliphatic heterocycles. The van der Waals surface area contributed by atoms with Crippen LogP contribution in [0.3, 0.4) is 0 Å². The Morgan fingerprint density at radius 1 is 1.47 bits per heavy atom. The number of ether oxygens (including phenoxy) is 1. The number of aromatic nitrogens is 2. The maximum Gasteiger partial charge on any atom is 0.324 e. The van der Waals surface area contributed by atoms with Crippen LogP contribution in [0.2, 0.25) is 0 Å². The van der Waals surface area contributed by atoms with Gasteiger partial charge in [0.05, 0.1) is 13.3 Å². The Morgan fingerprint density at radius 2 is 2.21 bits per heavy atom. The van der Waals surface area contributed by atoms with Gasteiger partial charge in [-0.2, -0.15) is 9.40 Å². The van der Waals surface area contributed by atoms with E-state index < -0.39 is 22.0 Å². The second-order valence-corrected chi connectivity index (χ2v) is 6.28. The molecule has 2 heterocycles. The Labute approximate surface area is 112 Å². The molecule has 7 nitrogen and oxygen atoms in total. The molecule has 1 aromatic heterocycles. The Morgan fingerprint density at radius 3 is 2.79 bits per heavy atom. The Balaban J connectivity index is 2.37.